The normalized spacial score (nSPS) is 15.1. The van der Waals surface area contributed by atoms with Crippen molar-refractivity contribution in [1.29, 1.82) is 0 Å². The van der Waals surface area contributed by atoms with Crippen LogP contribution in [0.2, 0.25) is 0 Å². The molecule has 22 heavy (non-hydrogen) atoms. The van der Waals surface area contributed by atoms with Crippen LogP contribution in [0.1, 0.15) is 31.5 Å². The minimum atomic E-state index is -0.433. The number of hydrogen-bond donors (Lipinski definition) is 0. The van der Waals surface area contributed by atoms with Gasteiger partial charge in [-0.1, -0.05) is 5.16 Å². The zero-order valence-electron chi connectivity index (χ0n) is 12.7. The van der Waals surface area contributed by atoms with Gasteiger partial charge in [0.25, 0.3) is 0 Å². The number of benzene rings is 1. The Labute approximate surface area is 127 Å². The number of fused-ring (bicyclic) bond motifs is 3. The average molecular weight is 300 g/mol. The van der Waals surface area contributed by atoms with E-state index >= 15 is 0 Å². The summed E-state index contributed by atoms with van der Waals surface area (Å²) in [4.78, 5) is 26.8. The summed E-state index contributed by atoms with van der Waals surface area (Å²) in [7, 11) is 1.95. The van der Waals surface area contributed by atoms with E-state index in [-0.39, 0.29) is 5.97 Å². The monoisotopic (exact) mass is 300 g/mol. The Bertz CT molecular complexity index is 817. The quantitative estimate of drug-likeness (QED) is 0.369. The molecule has 0 radical (unpaired) electrons. The second-order valence-electron chi connectivity index (χ2n) is 5.28. The molecule has 0 fully saturated rings. The summed E-state index contributed by atoms with van der Waals surface area (Å²) in [5, 5.41) is 4.98. The summed E-state index contributed by atoms with van der Waals surface area (Å²) < 4.78 is 7.17. The van der Waals surface area contributed by atoms with Crippen LogP contribution in [0.15, 0.2) is 23.4 Å². The fourth-order valence-corrected chi connectivity index (χ4v) is 2.92. The molecule has 6 nitrogen and oxygen atoms in total. The minimum Gasteiger partial charge on any atom is -0.427 e. The summed E-state index contributed by atoms with van der Waals surface area (Å²) in [5.41, 5.74) is 3.89. The maximum atomic E-state index is 11.1. The maximum absolute atomic E-state index is 11.1. The van der Waals surface area contributed by atoms with Gasteiger partial charge < -0.3 is 14.1 Å². The summed E-state index contributed by atoms with van der Waals surface area (Å²) >= 11 is 0. The summed E-state index contributed by atoms with van der Waals surface area (Å²) in [6.07, 6.45) is 1.54. The number of oxime groups is 1. The first-order chi connectivity index (χ1) is 10.5. The molecule has 3 rings (SSSR count). The van der Waals surface area contributed by atoms with Crippen molar-refractivity contribution in [3.8, 4) is 5.75 Å². The van der Waals surface area contributed by atoms with Gasteiger partial charge in [0.1, 0.15) is 11.5 Å². The van der Waals surface area contributed by atoms with Gasteiger partial charge in [-0.25, -0.2) is 4.79 Å². The molecule has 0 amide bonds. The first-order valence-electron chi connectivity index (χ1n) is 7.02. The molecule has 0 atom stereocenters. The van der Waals surface area contributed by atoms with E-state index in [1.165, 1.54) is 13.8 Å². The molecular weight excluding hydrogens is 284 g/mol. The van der Waals surface area contributed by atoms with E-state index in [2.05, 4.69) is 5.16 Å². The molecule has 1 heterocycles. The van der Waals surface area contributed by atoms with E-state index in [9.17, 15) is 9.59 Å². The lowest BCUT2D eigenvalue weighted by Crippen LogP contribution is -2.05. The highest BCUT2D eigenvalue weighted by Crippen LogP contribution is 2.34. The third-order valence-corrected chi connectivity index (χ3v) is 3.71. The number of carbonyl (C=O) groups is 2. The lowest BCUT2D eigenvalue weighted by Gasteiger charge is -2.04. The number of rotatable bonds is 2. The standard InChI is InChI=1S/C16H16N2O4/c1-9(19)21-11-4-7-15-13(8-11)12-5-6-14(16(12)18(15)3)17-22-10(2)20/h4,7-8H,5-6H2,1-3H3. The van der Waals surface area contributed by atoms with Crippen molar-refractivity contribution in [3.63, 3.8) is 0 Å². The number of nitrogens with zero attached hydrogens (tertiary/aromatic N) is 2. The maximum Gasteiger partial charge on any atom is 0.331 e. The zero-order valence-corrected chi connectivity index (χ0v) is 12.7. The number of ether oxygens (including phenoxy) is 1. The van der Waals surface area contributed by atoms with Crippen LogP contribution in [0.3, 0.4) is 0 Å². The Kier molecular flexibility index (Phi) is 3.44. The van der Waals surface area contributed by atoms with Crippen molar-refractivity contribution in [1.82, 2.24) is 4.57 Å². The molecular formula is C16H16N2O4. The SMILES string of the molecule is CC(=O)ON=C1CCc2c1n(C)c1ccc(OC(C)=O)cc21. The summed E-state index contributed by atoms with van der Waals surface area (Å²) in [6, 6.07) is 5.54. The fraction of sp³-hybridized carbons (Fsp3) is 0.312. The number of hydrogen-bond acceptors (Lipinski definition) is 5. The van der Waals surface area contributed by atoms with Crippen LogP contribution < -0.4 is 4.74 Å². The van der Waals surface area contributed by atoms with E-state index in [4.69, 9.17) is 9.57 Å². The minimum absolute atomic E-state index is 0.343. The van der Waals surface area contributed by atoms with Crippen molar-refractivity contribution in [3.05, 3.63) is 29.5 Å². The molecule has 6 heteroatoms. The number of aryl methyl sites for hydroxylation is 2. The molecule has 2 aromatic rings. The van der Waals surface area contributed by atoms with Crippen LogP contribution >= 0.6 is 0 Å². The average Bonchev–Trinajstić information content (AvgIpc) is 2.97. The molecule has 1 aromatic carbocycles. The first kappa shape index (κ1) is 14.3. The highest BCUT2D eigenvalue weighted by molar-refractivity contribution is 6.09. The Morgan fingerprint density at radius 1 is 1.18 bits per heavy atom. The Balaban J connectivity index is 2.10. The third kappa shape index (κ3) is 2.36. The fourth-order valence-electron chi connectivity index (χ4n) is 2.92. The van der Waals surface area contributed by atoms with Gasteiger partial charge in [0.15, 0.2) is 0 Å². The van der Waals surface area contributed by atoms with Gasteiger partial charge in [-0.2, -0.15) is 0 Å². The van der Waals surface area contributed by atoms with E-state index in [0.29, 0.717) is 5.75 Å². The van der Waals surface area contributed by atoms with Crippen LogP contribution in [0.5, 0.6) is 5.75 Å². The van der Waals surface area contributed by atoms with Crippen LogP contribution in [-0.2, 0) is 27.9 Å². The Morgan fingerprint density at radius 2 is 1.95 bits per heavy atom. The van der Waals surface area contributed by atoms with Crippen LogP contribution in [-0.4, -0.2) is 22.2 Å². The van der Waals surface area contributed by atoms with E-state index in [1.807, 2.05) is 23.7 Å². The molecule has 0 saturated heterocycles. The second-order valence-corrected chi connectivity index (χ2v) is 5.28. The number of esters is 1. The van der Waals surface area contributed by atoms with E-state index in [0.717, 1.165) is 40.7 Å². The molecule has 0 aliphatic heterocycles. The van der Waals surface area contributed by atoms with Gasteiger partial charge in [-0.3, -0.25) is 4.79 Å². The number of aromatic nitrogens is 1. The molecule has 0 saturated carbocycles. The van der Waals surface area contributed by atoms with Crippen LogP contribution in [0, 0.1) is 0 Å². The van der Waals surface area contributed by atoms with Crippen molar-refractivity contribution >= 4 is 28.6 Å². The first-order valence-corrected chi connectivity index (χ1v) is 7.02. The van der Waals surface area contributed by atoms with Gasteiger partial charge >= 0.3 is 11.9 Å². The van der Waals surface area contributed by atoms with Gasteiger partial charge in [0.2, 0.25) is 0 Å². The molecule has 0 N–H and O–H groups in total. The van der Waals surface area contributed by atoms with Crippen molar-refractivity contribution in [2.24, 2.45) is 12.2 Å². The van der Waals surface area contributed by atoms with Gasteiger partial charge in [-0.15, -0.1) is 0 Å². The van der Waals surface area contributed by atoms with Gasteiger partial charge in [-0.05, 0) is 36.6 Å². The van der Waals surface area contributed by atoms with Gasteiger partial charge in [0.05, 0.1) is 5.69 Å². The smallest absolute Gasteiger partial charge is 0.331 e. The lowest BCUT2D eigenvalue weighted by atomic mass is 10.1. The molecule has 1 aliphatic rings. The molecule has 0 unspecified atom stereocenters. The third-order valence-electron chi connectivity index (χ3n) is 3.71. The molecule has 0 bridgehead atoms. The molecule has 0 spiro atoms. The van der Waals surface area contributed by atoms with E-state index < -0.39 is 5.97 Å². The topological polar surface area (TPSA) is 69.9 Å². The Hall–Kier alpha value is -2.63. The van der Waals surface area contributed by atoms with Crippen molar-refractivity contribution < 1.29 is 19.2 Å². The molecule has 1 aliphatic carbocycles. The summed E-state index contributed by atoms with van der Waals surface area (Å²) in [6.45, 7) is 2.70. The van der Waals surface area contributed by atoms with Crippen molar-refractivity contribution in [2.45, 2.75) is 26.7 Å². The van der Waals surface area contributed by atoms with Gasteiger partial charge in [0, 0.05) is 31.8 Å². The Morgan fingerprint density at radius 3 is 2.64 bits per heavy atom. The predicted octanol–water partition coefficient (Wildman–Crippen LogP) is 2.32. The lowest BCUT2D eigenvalue weighted by molar-refractivity contribution is -0.141. The van der Waals surface area contributed by atoms with Crippen LogP contribution in [0.4, 0.5) is 0 Å². The summed E-state index contributed by atoms with van der Waals surface area (Å²) in [5.74, 6) is -0.250. The van der Waals surface area contributed by atoms with Crippen molar-refractivity contribution in [2.75, 3.05) is 0 Å². The highest BCUT2D eigenvalue weighted by atomic mass is 16.7. The van der Waals surface area contributed by atoms with E-state index in [1.54, 1.807) is 6.07 Å². The largest absolute Gasteiger partial charge is 0.427 e. The molecule has 114 valence electrons. The van der Waals surface area contributed by atoms with Crippen LogP contribution in [0.25, 0.3) is 10.9 Å². The second kappa shape index (κ2) is 5.29. The number of carbonyl (C=O) groups excluding carboxylic acids is 2. The zero-order chi connectivity index (χ0) is 15.9. The highest BCUT2D eigenvalue weighted by Gasteiger charge is 2.26. The predicted molar refractivity (Wildman–Crippen MR) is 80.9 cm³/mol. The molecule has 1 aromatic heterocycles.